The minimum Gasteiger partial charge on any atom is -0.276 e. The summed E-state index contributed by atoms with van der Waals surface area (Å²) in [5, 5.41) is -2.60. The fourth-order valence-electron chi connectivity index (χ4n) is 0.878. The fraction of sp³-hybridized carbons (Fsp3) is 0. The Morgan fingerprint density at radius 3 is 1.77 bits per heavy atom. The van der Waals surface area contributed by atoms with Crippen LogP contribution in [-0.4, -0.2) is 15.7 Å². The highest BCUT2D eigenvalue weighted by molar-refractivity contribution is 6.76. The third-order valence-corrected chi connectivity index (χ3v) is 2.04. The highest BCUT2D eigenvalue weighted by Crippen LogP contribution is 2.32. The smallest absolute Gasteiger partial charge is 0.253 e. The lowest BCUT2D eigenvalue weighted by Gasteiger charge is -2.15. The molecule has 68 valence electrons. The molecular formula is C7HCl3O3. The molecule has 6 heteroatoms. The van der Waals surface area contributed by atoms with Gasteiger partial charge in [-0.15, -0.1) is 0 Å². The van der Waals surface area contributed by atoms with Gasteiger partial charge in [-0.3, -0.25) is 14.4 Å². The molecule has 0 aromatic rings. The first-order valence-electron chi connectivity index (χ1n) is 3.01. The van der Waals surface area contributed by atoms with Gasteiger partial charge in [-0.05, 0) is 40.9 Å². The summed E-state index contributed by atoms with van der Waals surface area (Å²) < 4.78 is 0. The molecule has 0 aromatic carbocycles. The second-order valence-electron chi connectivity index (χ2n) is 2.17. The molecule has 0 radical (unpaired) electrons. The maximum atomic E-state index is 10.7. The Kier molecular flexibility index (Phi) is 2.91. The Morgan fingerprint density at radius 2 is 1.46 bits per heavy atom. The molecule has 1 rings (SSSR count). The van der Waals surface area contributed by atoms with Crippen molar-refractivity contribution in [3.63, 3.8) is 0 Å². The van der Waals surface area contributed by atoms with Crippen molar-refractivity contribution in [2.75, 3.05) is 0 Å². The number of hydrogen-bond acceptors (Lipinski definition) is 3. The Morgan fingerprint density at radius 1 is 0.923 bits per heavy atom. The maximum Gasteiger partial charge on any atom is 0.253 e. The summed E-state index contributed by atoms with van der Waals surface area (Å²) in [6, 6.07) is 0. The van der Waals surface area contributed by atoms with Gasteiger partial charge < -0.3 is 0 Å². The first-order valence-corrected chi connectivity index (χ1v) is 4.14. The van der Waals surface area contributed by atoms with E-state index in [9.17, 15) is 14.4 Å². The highest BCUT2D eigenvalue weighted by atomic mass is 35.5. The fourth-order valence-corrected chi connectivity index (χ4v) is 1.38. The Hall–Kier alpha value is -0.640. The van der Waals surface area contributed by atoms with Crippen LogP contribution >= 0.6 is 34.8 Å². The molecule has 0 spiro atoms. The summed E-state index contributed by atoms with van der Waals surface area (Å²) in [5.74, 6) is 0. The standard InChI is InChI=1S/C7HCl3O3/c8-5(11)2-1-3(6(9)12)4(2)7(10)13/h1H. The zero-order valence-corrected chi connectivity index (χ0v) is 8.20. The normalized spacial score (nSPS) is 14.8. The van der Waals surface area contributed by atoms with Gasteiger partial charge in [0.2, 0.25) is 0 Å². The van der Waals surface area contributed by atoms with E-state index in [4.69, 9.17) is 34.8 Å². The van der Waals surface area contributed by atoms with E-state index < -0.39 is 15.7 Å². The van der Waals surface area contributed by atoms with Crippen molar-refractivity contribution in [3.8, 4) is 0 Å². The third kappa shape index (κ3) is 1.82. The molecule has 0 saturated heterocycles. The first kappa shape index (κ1) is 10.4. The first-order chi connectivity index (χ1) is 5.95. The van der Waals surface area contributed by atoms with Gasteiger partial charge in [0.05, 0.1) is 5.57 Å². The van der Waals surface area contributed by atoms with Gasteiger partial charge in [0.15, 0.2) is 0 Å². The van der Waals surface area contributed by atoms with Gasteiger partial charge in [-0.2, -0.15) is 0 Å². The summed E-state index contributed by atoms with van der Waals surface area (Å²) >= 11 is 15.3. The maximum absolute atomic E-state index is 10.7. The highest BCUT2D eigenvalue weighted by Gasteiger charge is 2.31. The molecule has 3 nitrogen and oxygen atoms in total. The molecule has 1 aliphatic carbocycles. The summed E-state index contributed by atoms with van der Waals surface area (Å²) in [5.41, 5.74) is -0.363. The summed E-state index contributed by atoms with van der Waals surface area (Å²) in [6.45, 7) is 0. The lowest BCUT2D eigenvalue weighted by atomic mass is 9.91. The van der Waals surface area contributed by atoms with E-state index in [1.807, 2.05) is 0 Å². The number of allylic oxidation sites excluding steroid dienone is 4. The van der Waals surface area contributed by atoms with Crippen LogP contribution in [0.4, 0.5) is 0 Å². The van der Waals surface area contributed by atoms with E-state index >= 15 is 0 Å². The van der Waals surface area contributed by atoms with Crippen LogP contribution in [0, 0.1) is 0 Å². The summed E-state index contributed by atoms with van der Waals surface area (Å²) in [4.78, 5) is 31.9. The largest absolute Gasteiger partial charge is 0.276 e. The van der Waals surface area contributed by atoms with Crippen LogP contribution in [0.2, 0.25) is 0 Å². The molecule has 0 aromatic heterocycles. The quantitative estimate of drug-likeness (QED) is 0.702. The van der Waals surface area contributed by atoms with Gasteiger partial charge in [0, 0.05) is 11.1 Å². The molecule has 0 heterocycles. The van der Waals surface area contributed by atoms with Crippen LogP contribution in [0.5, 0.6) is 0 Å². The number of rotatable bonds is 3. The molecule has 0 aliphatic heterocycles. The van der Waals surface area contributed by atoms with Crippen molar-refractivity contribution < 1.29 is 14.4 Å². The van der Waals surface area contributed by atoms with Gasteiger partial charge in [0.1, 0.15) is 0 Å². The third-order valence-electron chi connectivity index (χ3n) is 1.45. The topological polar surface area (TPSA) is 51.2 Å². The number of carbonyl (C=O) groups excluding carboxylic acids is 3. The second kappa shape index (κ2) is 3.62. The van der Waals surface area contributed by atoms with Crippen LogP contribution in [0.3, 0.4) is 0 Å². The Balaban J connectivity index is 3.05. The molecule has 13 heavy (non-hydrogen) atoms. The van der Waals surface area contributed by atoms with Gasteiger partial charge in [0.25, 0.3) is 15.7 Å². The van der Waals surface area contributed by atoms with Crippen molar-refractivity contribution >= 4 is 50.5 Å². The van der Waals surface area contributed by atoms with Gasteiger partial charge in [-0.1, -0.05) is 0 Å². The Bertz CT molecular complexity index is 378. The molecular weight excluding hydrogens is 238 g/mol. The second-order valence-corrected chi connectivity index (χ2v) is 3.20. The Labute approximate surface area is 87.9 Å². The van der Waals surface area contributed by atoms with Crippen LogP contribution < -0.4 is 0 Å². The SMILES string of the molecule is O=C(Cl)C1=CC(C(=O)Cl)=C1C(=O)Cl. The van der Waals surface area contributed by atoms with Crippen LogP contribution in [0.15, 0.2) is 22.8 Å². The van der Waals surface area contributed by atoms with Crippen molar-refractivity contribution in [2.45, 2.75) is 0 Å². The van der Waals surface area contributed by atoms with E-state index in [1.165, 1.54) is 0 Å². The lowest BCUT2D eigenvalue weighted by Crippen LogP contribution is -2.17. The molecule has 0 N–H and O–H groups in total. The van der Waals surface area contributed by atoms with Gasteiger partial charge in [-0.25, -0.2) is 0 Å². The number of halogens is 3. The molecule has 0 atom stereocenters. The van der Waals surface area contributed by atoms with Crippen LogP contribution in [0.1, 0.15) is 0 Å². The number of carbonyl (C=O) groups is 3. The van der Waals surface area contributed by atoms with E-state index in [-0.39, 0.29) is 16.7 Å². The minimum atomic E-state index is -0.921. The molecule has 1 aliphatic rings. The minimum absolute atomic E-state index is 0.0781. The summed E-state index contributed by atoms with van der Waals surface area (Å²) in [7, 11) is 0. The number of hydrogen-bond donors (Lipinski definition) is 0. The monoisotopic (exact) mass is 238 g/mol. The average Bonchev–Trinajstić information content (AvgIpc) is 1.79. The zero-order chi connectivity index (χ0) is 10.2. The molecule has 0 fully saturated rings. The molecule has 0 bridgehead atoms. The van der Waals surface area contributed by atoms with E-state index in [2.05, 4.69) is 0 Å². The van der Waals surface area contributed by atoms with Crippen molar-refractivity contribution in [1.29, 1.82) is 0 Å². The average molecular weight is 239 g/mol. The van der Waals surface area contributed by atoms with Gasteiger partial charge >= 0.3 is 0 Å². The van der Waals surface area contributed by atoms with Crippen LogP contribution in [-0.2, 0) is 14.4 Å². The molecule has 0 unspecified atom stereocenters. The van der Waals surface area contributed by atoms with Crippen molar-refractivity contribution in [1.82, 2.24) is 0 Å². The molecule has 0 amide bonds. The van der Waals surface area contributed by atoms with Crippen LogP contribution in [0.25, 0.3) is 0 Å². The van der Waals surface area contributed by atoms with E-state index in [0.717, 1.165) is 6.08 Å². The predicted octanol–water partition coefficient (Wildman–Crippen LogP) is 1.52. The van der Waals surface area contributed by atoms with E-state index in [0.29, 0.717) is 0 Å². The van der Waals surface area contributed by atoms with E-state index in [1.54, 1.807) is 0 Å². The van der Waals surface area contributed by atoms with Crippen molar-refractivity contribution in [2.24, 2.45) is 0 Å². The van der Waals surface area contributed by atoms with Crippen molar-refractivity contribution in [3.05, 3.63) is 22.8 Å². The zero-order valence-electron chi connectivity index (χ0n) is 5.94. The molecule has 0 saturated carbocycles. The predicted molar refractivity (Wildman–Crippen MR) is 47.7 cm³/mol. The summed E-state index contributed by atoms with van der Waals surface area (Å²) in [6.07, 6.45) is 1.13. The lowest BCUT2D eigenvalue weighted by molar-refractivity contribution is -0.112.